The average Bonchev–Trinajstić information content (AvgIpc) is 2.18. The van der Waals surface area contributed by atoms with Crippen molar-refractivity contribution in [2.24, 2.45) is 5.73 Å². The largest absolute Gasteiger partial charge is 0.494 e. The van der Waals surface area contributed by atoms with Gasteiger partial charge in [-0.05, 0) is 13.0 Å². The van der Waals surface area contributed by atoms with Crippen LogP contribution >= 0.6 is 0 Å². The molecule has 0 saturated heterocycles. The Morgan fingerprint density at radius 2 is 2.15 bits per heavy atom. The first kappa shape index (κ1) is 9.99. The lowest BCUT2D eigenvalue weighted by Gasteiger charge is -2.13. The zero-order valence-corrected chi connectivity index (χ0v) is 7.66. The highest BCUT2D eigenvalue weighted by Crippen LogP contribution is 2.23. The normalized spacial score (nSPS) is 12.5. The Hall–Kier alpha value is -1.09. The predicted octanol–water partition coefficient (Wildman–Crippen LogP) is 2.05. The summed E-state index contributed by atoms with van der Waals surface area (Å²) in [5, 5.41) is 0. The van der Waals surface area contributed by atoms with E-state index in [1.165, 1.54) is 0 Å². The van der Waals surface area contributed by atoms with E-state index in [0.29, 0.717) is 12.4 Å². The molecule has 0 amide bonds. The van der Waals surface area contributed by atoms with E-state index in [9.17, 15) is 4.39 Å². The van der Waals surface area contributed by atoms with Crippen LogP contribution in [0.5, 0.6) is 5.75 Å². The van der Waals surface area contributed by atoms with Crippen molar-refractivity contribution in [2.45, 2.75) is 13.0 Å². The van der Waals surface area contributed by atoms with E-state index in [2.05, 4.69) is 0 Å². The van der Waals surface area contributed by atoms with Gasteiger partial charge in [-0.3, -0.25) is 0 Å². The van der Waals surface area contributed by atoms with Crippen LogP contribution in [0.1, 0.15) is 18.5 Å². The number of ether oxygens (including phenoxy) is 1. The van der Waals surface area contributed by atoms with Crippen LogP contribution in [0, 0.1) is 0 Å². The lowest BCUT2D eigenvalue weighted by atomic mass is 10.1. The maximum absolute atomic E-state index is 12.3. The predicted molar refractivity (Wildman–Crippen MR) is 50.5 cm³/mol. The molecular weight excluding hydrogens is 169 g/mol. The molecule has 13 heavy (non-hydrogen) atoms. The minimum atomic E-state index is -0.581. The van der Waals surface area contributed by atoms with Gasteiger partial charge in [-0.15, -0.1) is 0 Å². The zero-order valence-electron chi connectivity index (χ0n) is 7.66. The monoisotopic (exact) mass is 183 g/mol. The van der Waals surface area contributed by atoms with Crippen molar-refractivity contribution >= 4 is 0 Å². The second-order valence-corrected chi connectivity index (χ2v) is 2.73. The molecular formula is C10H14FNO. The molecule has 0 bridgehead atoms. The number of hydrogen-bond acceptors (Lipinski definition) is 2. The second kappa shape index (κ2) is 4.82. The maximum Gasteiger partial charge on any atom is 0.124 e. The van der Waals surface area contributed by atoms with Gasteiger partial charge in [-0.1, -0.05) is 18.2 Å². The van der Waals surface area contributed by atoms with Gasteiger partial charge in [0.05, 0.1) is 12.6 Å². The van der Waals surface area contributed by atoms with Gasteiger partial charge >= 0.3 is 0 Å². The number of alkyl halides is 1. The summed E-state index contributed by atoms with van der Waals surface area (Å²) in [6.45, 7) is 1.89. The number of benzene rings is 1. The third-order valence-corrected chi connectivity index (χ3v) is 1.78. The van der Waals surface area contributed by atoms with Crippen molar-refractivity contribution in [1.82, 2.24) is 0 Å². The molecule has 1 atom stereocenters. The molecule has 0 aliphatic rings. The van der Waals surface area contributed by atoms with Crippen molar-refractivity contribution in [1.29, 1.82) is 0 Å². The molecule has 0 aliphatic carbocycles. The van der Waals surface area contributed by atoms with Crippen LogP contribution in [0.4, 0.5) is 4.39 Å². The van der Waals surface area contributed by atoms with Crippen LogP contribution in [0.3, 0.4) is 0 Å². The number of halogens is 1. The number of rotatable bonds is 4. The summed E-state index contributed by atoms with van der Waals surface area (Å²) in [5.74, 6) is 0.676. The van der Waals surface area contributed by atoms with E-state index >= 15 is 0 Å². The Kier molecular flexibility index (Phi) is 3.71. The first-order valence-electron chi connectivity index (χ1n) is 4.32. The number of nitrogens with two attached hydrogens (primary N) is 1. The Bertz CT molecular complexity index is 265. The first-order chi connectivity index (χ1) is 6.29. The lowest BCUT2D eigenvalue weighted by molar-refractivity contribution is 0.329. The van der Waals surface area contributed by atoms with Gasteiger partial charge in [0.25, 0.3) is 0 Å². The molecule has 0 unspecified atom stereocenters. The van der Waals surface area contributed by atoms with Gasteiger partial charge in [-0.2, -0.15) is 0 Å². The van der Waals surface area contributed by atoms with E-state index in [-0.39, 0.29) is 0 Å². The van der Waals surface area contributed by atoms with Crippen LogP contribution in [-0.2, 0) is 0 Å². The van der Waals surface area contributed by atoms with Crippen LogP contribution in [0.25, 0.3) is 0 Å². The average molecular weight is 183 g/mol. The number of hydrogen-bond donors (Lipinski definition) is 1. The van der Waals surface area contributed by atoms with Gasteiger partial charge in [-0.25, -0.2) is 4.39 Å². The molecule has 2 N–H and O–H groups in total. The Morgan fingerprint density at radius 1 is 1.46 bits per heavy atom. The summed E-state index contributed by atoms with van der Waals surface area (Å²) in [4.78, 5) is 0. The van der Waals surface area contributed by atoms with Crippen molar-refractivity contribution in [3.8, 4) is 5.75 Å². The molecule has 0 heterocycles. The summed E-state index contributed by atoms with van der Waals surface area (Å²) in [5.41, 5.74) is 6.30. The Labute approximate surface area is 77.5 Å². The fraction of sp³-hybridized carbons (Fsp3) is 0.400. The Balaban J connectivity index is 2.90. The molecule has 0 aromatic heterocycles. The van der Waals surface area contributed by atoms with E-state index in [4.69, 9.17) is 10.5 Å². The molecule has 0 fully saturated rings. The third-order valence-electron chi connectivity index (χ3n) is 1.78. The van der Waals surface area contributed by atoms with Gasteiger partial charge < -0.3 is 10.5 Å². The second-order valence-electron chi connectivity index (χ2n) is 2.73. The van der Waals surface area contributed by atoms with E-state index < -0.39 is 12.7 Å². The van der Waals surface area contributed by atoms with Gasteiger partial charge in [0.2, 0.25) is 0 Å². The minimum Gasteiger partial charge on any atom is -0.494 e. The highest BCUT2D eigenvalue weighted by molar-refractivity contribution is 5.35. The van der Waals surface area contributed by atoms with Crippen molar-refractivity contribution in [3.05, 3.63) is 29.8 Å². The molecule has 2 nitrogen and oxygen atoms in total. The number of para-hydroxylation sites is 1. The highest BCUT2D eigenvalue weighted by atomic mass is 19.1. The van der Waals surface area contributed by atoms with Crippen molar-refractivity contribution in [3.63, 3.8) is 0 Å². The molecule has 1 rings (SSSR count). The van der Waals surface area contributed by atoms with E-state index in [1.54, 1.807) is 12.1 Å². The molecule has 3 heteroatoms. The molecule has 0 aliphatic heterocycles. The molecule has 1 aromatic rings. The van der Waals surface area contributed by atoms with Gasteiger partial charge in [0.1, 0.15) is 12.4 Å². The zero-order chi connectivity index (χ0) is 9.68. The molecule has 0 spiro atoms. The first-order valence-corrected chi connectivity index (χ1v) is 4.32. The summed E-state index contributed by atoms with van der Waals surface area (Å²) >= 11 is 0. The van der Waals surface area contributed by atoms with Crippen LogP contribution in [-0.4, -0.2) is 13.3 Å². The topological polar surface area (TPSA) is 35.2 Å². The third kappa shape index (κ3) is 2.42. The van der Waals surface area contributed by atoms with Crippen LogP contribution in [0.2, 0.25) is 0 Å². The minimum absolute atomic E-state index is 0.565. The fourth-order valence-corrected chi connectivity index (χ4v) is 1.16. The van der Waals surface area contributed by atoms with Crippen LogP contribution in [0.15, 0.2) is 24.3 Å². The lowest BCUT2D eigenvalue weighted by Crippen LogP contribution is -2.13. The van der Waals surface area contributed by atoms with E-state index in [0.717, 1.165) is 5.56 Å². The van der Waals surface area contributed by atoms with Crippen molar-refractivity contribution < 1.29 is 9.13 Å². The summed E-state index contributed by atoms with van der Waals surface area (Å²) < 4.78 is 17.6. The van der Waals surface area contributed by atoms with Crippen molar-refractivity contribution in [2.75, 3.05) is 13.3 Å². The molecule has 0 radical (unpaired) electrons. The van der Waals surface area contributed by atoms with E-state index in [1.807, 2.05) is 19.1 Å². The molecule has 1 aromatic carbocycles. The highest BCUT2D eigenvalue weighted by Gasteiger charge is 2.10. The quantitative estimate of drug-likeness (QED) is 0.775. The summed E-state index contributed by atoms with van der Waals surface area (Å²) in [6.07, 6.45) is 0. The maximum atomic E-state index is 12.3. The SMILES string of the molecule is CCOc1ccccc1[C@@H](N)CF. The van der Waals surface area contributed by atoms with Gasteiger partial charge in [0, 0.05) is 5.56 Å². The van der Waals surface area contributed by atoms with Gasteiger partial charge in [0.15, 0.2) is 0 Å². The smallest absolute Gasteiger partial charge is 0.124 e. The summed E-state index contributed by atoms with van der Waals surface area (Å²) in [6, 6.07) is 6.68. The molecule has 0 saturated carbocycles. The molecule has 72 valence electrons. The fourth-order valence-electron chi connectivity index (χ4n) is 1.16. The summed E-state index contributed by atoms with van der Waals surface area (Å²) in [7, 11) is 0. The van der Waals surface area contributed by atoms with Crippen LogP contribution < -0.4 is 10.5 Å². The Morgan fingerprint density at radius 3 is 2.77 bits per heavy atom. The standard InChI is InChI=1S/C10H14FNO/c1-2-13-10-6-4-3-5-8(10)9(12)7-11/h3-6,9H,2,7,12H2,1H3/t9-/m0/s1.